The number of piperidine rings is 1. The van der Waals surface area contributed by atoms with Crippen molar-refractivity contribution in [3.8, 4) is 0 Å². The molecule has 1 aliphatic rings. The van der Waals surface area contributed by atoms with Gasteiger partial charge in [-0.2, -0.15) is 0 Å². The summed E-state index contributed by atoms with van der Waals surface area (Å²) in [7, 11) is 2.05. The molecular weight excluding hydrogens is 280 g/mol. The zero-order chi connectivity index (χ0) is 17.1. The lowest BCUT2D eigenvalue weighted by Crippen LogP contribution is -2.51. The van der Waals surface area contributed by atoms with Crippen LogP contribution in [0.3, 0.4) is 0 Å². The van der Waals surface area contributed by atoms with Crippen molar-refractivity contribution in [2.75, 3.05) is 20.1 Å². The van der Waals surface area contributed by atoms with E-state index in [-0.39, 0.29) is 23.7 Å². The van der Waals surface area contributed by atoms with Gasteiger partial charge in [-0.25, -0.2) is 4.79 Å². The van der Waals surface area contributed by atoms with Gasteiger partial charge in [0.05, 0.1) is 6.10 Å². The van der Waals surface area contributed by atoms with Crippen molar-refractivity contribution in [1.29, 1.82) is 0 Å². The molecule has 0 aromatic heterocycles. The molecule has 3 unspecified atom stereocenters. The van der Waals surface area contributed by atoms with E-state index >= 15 is 0 Å². The molecule has 0 radical (unpaired) electrons. The van der Waals surface area contributed by atoms with Gasteiger partial charge in [0.1, 0.15) is 5.60 Å². The van der Waals surface area contributed by atoms with Gasteiger partial charge in [-0.15, -0.1) is 0 Å². The van der Waals surface area contributed by atoms with Gasteiger partial charge in [0.2, 0.25) is 0 Å². The standard InChI is InChI=1S/C17H34N2O3/c1-16(2,3)14(20)9-12-8-13(11-19(7)10-12)18-15(21)22-17(4,5)6/h12-14,20H,8-11H2,1-7H3,(H,18,21). The zero-order valence-electron chi connectivity index (χ0n) is 15.3. The van der Waals surface area contributed by atoms with E-state index in [0.29, 0.717) is 5.92 Å². The molecule has 0 aromatic rings. The number of likely N-dealkylation sites (tertiary alicyclic amines) is 1. The lowest BCUT2D eigenvalue weighted by Gasteiger charge is -2.38. The van der Waals surface area contributed by atoms with Crippen LogP contribution in [0.4, 0.5) is 4.79 Å². The Morgan fingerprint density at radius 2 is 1.86 bits per heavy atom. The summed E-state index contributed by atoms with van der Waals surface area (Å²) in [6.45, 7) is 13.5. The third kappa shape index (κ3) is 6.97. The summed E-state index contributed by atoms with van der Waals surface area (Å²) in [5.74, 6) is 0.382. The Morgan fingerprint density at radius 1 is 1.27 bits per heavy atom. The predicted molar refractivity (Wildman–Crippen MR) is 88.8 cm³/mol. The van der Waals surface area contributed by atoms with Crippen molar-refractivity contribution in [2.24, 2.45) is 11.3 Å². The van der Waals surface area contributed by atoms with Gasteiger partial charge < -0.3 is 20.1 Å². The van der Waals surface area contributed by atoms with E-state index in [1.807, 2.05) is 20.8 Å². The van der Waals surface area contributed by atoms with E-state index in [9.17, 15) is 9.90 Å². The summed E-state index contributed by atoms with van der Waals surface area (Å²) >= 11 is 0. The monoisotopic (exact) mass is 314 g/mol. The quantitative estimate of drug-likeness (QED) is 0.840. The first-order valence-corrected chi connectivity index (χ1v) is 8.23. The van der Waals surface area contributed by atoms with Crippen molar-refractivity contribution in [3.63, 3.8) is 0 Å². The van der Waals surface area contributed by atoms with E-state index in [4.69, 9.17) is 4.74 Å². The van der Waals surface area contributed by atoms with E-state index in [0.717, 1.165) is 25.9 Å². The maximum absolute atomic E-state index is 11.9. The Morgan fingerprint density at radius 3 is 2.36 bits per heavy atom. The Balaban J connectivity index is 2.55. The number of rotatable bonds is 3. The predicted octanol–water partition coefficient (Wildman–Crippen LogP) is 2.63. The minimum absolute atomic E-state index is 0.0748. The van der Waals surface area contributed by atoms with Crippen LogP contribution >= 0.6 is 0 Å². The largest absolute Gasteiger partial charge is 0.444 e. The number of alkyl carbamates (subject to hydrolysis) is 1. The summed E-state index contributed by atoms with van der Waals surface area (Å²) in [6, 6.07) is 0.0748. The van der Waals surface area contributed by atoms with E-state index in [1.165, 1.54) is 0 Å². The Kier molecular flexibility index (Phi) is 6.27. The van der Waals surface area contributed by atoms with Crippen molar-refractivity contribution < 1.29 is 14.6 Å². The minimum Gasteiger partial charge on any atom is -0.444 e. The van der Waals surface area contributed by atoms with Crippen molar-refractivity contribution in [2.45, 2.75) is 72.1 Å². The second kappa shape index (κ2) is 7.18. The number of amides is 1. The molecule has 2 N–H and O–H groups in total. The molecule has 0 aromatic carbocycles. The van der Waals surface area contributed by atoms with Gasteiger partial charge in [0.25, 0.3) is 0 Å². The average Bonchev–Trinajstić information content (AvgIpc) is 2.23. The number of aliphatic hydroxyl groups excluding tert-OH is 1. The van der Waals surface area contributed by atoms with E-state index in [2.05, 4.69) is 38.0 Å². The van der Waals surface area contributed by atoms with E-state index in [1.54, 1.807) is 0 Å². The van der Waals surface area contributed by atoms with Crippen LogP contribution in [0.1, 0.15) is 54.4 Å². The number of carbonyl (C=O) groups is 1. The maximum Gasteiger partial charge on any atom is 0.407 e. The SMILES string of the molecule is CN1CC(CC(O)C(C)(C)C)CC(NC(=O)OC(C)(C)C)C1. The van der Waals surface area contributed by atoms with Crippen LogP contribution in [-0.4, -0.2) is 54.0 Å². The van der Waals surface area contributed by atoms with Crippen LogP contribution in [0.25, 0.3) is 0 Å². The van der Waals surface area contributed by atoms with Gasteiger partial charge in [-0.3, -0.25) is 0 Å². The molecule has 0 spiro atoms. The molecule has 1 saturated heterocycles. The smallest absolute Gasteiger partial charge is 0.407 e. The number of carbonyl (C=O) groups excluding carboxylic acids is 1. The third-order valence-corrected chi connectivity index (χ3v) is 4.00. The second-order valence-electron chi connectivity index (χ2n) is 8.78. The summed E-state index contributed by atoms with van der Waals surface area (Å²) in [4.78, 5) is 14.1. The maximum atomic E-state index is 11.9. The zero-order valence-corrected chi connectivity index (χ0v) is 15.3. The summed E-state index contributed by atoms with van der Waals surface area (Å²) in [5.41, 5.74) is -0.587. The minimum atomic E-state index is -0.480. The fraction of sp³-hybridized carbons (Fsp3) is 0.941. The van der Waals surface area contributed by atoms with Crippen LogP contribution < -0.4 is 5.32 Å². The lowest BCUT2D eigenvalue weighted by atomic mass is 9.80. The molecule has 1 aliphatic heterocycles. The normalized spacial score (nSPS) is 25.6. The van der Waals surface area contributed by atoms with Crippen molar-refractivity contribution in [3.05, 3.63) is 0 Å². The van der Waals surface area contributed by atoms with Crippen LogP contribution in [-0.2, 0) is 4.74 Å². The fourth-order valence-electron chi connectivity index (χ4n) is 2.86. The van der Waals surface area contributed by atoms with Gasteiger partial charge >= 0.3 is 6.09 Å². The highest BCUT2D eigenvalue weighted by Crippen LogP contribution is 2.28. The summed E-state index contributed by atoms with van der Waals surface area (Å²) in [5, 5.41) is 13.3. The Bertz CT molecular complexity index is 371. The molecule has 5 nitrogen and oxygen atoms in total. The van der Waals surface area contributed by atoms with Gasteiger partial charge in [0, 0.05) is 19.1 Å². The molecule has 3 atom stereocenters. The molecule has 1 rings (SSSR count). The number of nitrogens with zero attached hydrogens (tertiary/aromatic N) is 1. The highest BCUT2D eigenvalue weighted by atomic mass is 16.6. The molecule has 22 heavy (non-hydrogen) atoms. The third-order valence-electron chi connectivity index (χ3n) is 4.00. The number of likely N-dealkylation sites (N-methyl/N-ethyl adjacent to an activating group) is 1. The molecule has 0 bridgehead atoms. The lowest BCUT2D eigenvalue weighted by molar-refractivity contribution is 0.0217. The van der Waals surface area contributed by atoms with Crippen LogP contribution in [0.2, 0.25) is 0 Å². The average molecular weight is 314 g/mol. The summed E-state index contributed by atoms with van der Waals surface area (Å²) < 4.78 is 5.33. The molecule has 1 amide bonds. The first-order chi connectivity index (χ1) is 9.87. The van der Waals surface area contributed by atoms with Crippen LogP contribution in [0.15, 0.2) is 0 Å². The summed E-state index contributed by atoms with van der Waals surface area (Å²) in [6.07, 6.45) is 0.964. The molecule has 130 valence electrons. The van der Waals surface area contributed by atoms with Crippen molar-refractivity contribution in [1.82, 2.24) is 10.2 Å². The second-order valence-corrected chi connectivity index (χ2v) is 8.78. The highest BCUT2D eigenvalue weighted by Gasteiger charge is 2.32. The number of aliphatic hydroxyl groups is 1. The molecule has 0 aliphatic carbocycles. The number of ether oxygens (including phenoxy) is 1. The van der Waals surface area contributed by atoms with Gasteiger partial charge in [0.15, 0.2) is 0 Å². The molecule has 1 fully saturated rings. The number of hydrogen-bond acceptors (Lipinski definition) is 4. The Hall–Kier alpha value is -0.810. The number of nitrogens with one attached hydrogen (secondary N) is 1. The van der Waals surface area contributed by atoms with Crippen molar-refractivity contribution >= 4 is 6.09 Å². The highest BCUT2D eigenvalue weighted by molar-refractivity contribution is 5.68. The van der Waals surface area contributed by atoms with Crippen LogP contribution in [0.5, 0.6) is 0 Å². The first-order valence-electron chi connectivity index (χ1n) is 8.23. The van der Waals surface area contributed by atoms with Gasteiger partial charge in [-0.05, 0) is 52.0 Å². The molecule has 1 heterocycles. The van der Waals surface area contributed by atoms with Crippen LogP contribution in [0, 0.1) is 11.3 Å². The fourth-order valence-corrected chi connectivity index (χ4v) is 2.86. The topological polar surface area (TPSA) is 61.8 Å². The number of hydrogen-bond donors (Lipinski definition) is 2. The molecule has 5 heteroatoms. The molecular formula is C17H34N2O3. The first kappa shape index (κ1) is 19.2. The van der Waals surface area contributed by atoms with Gasteiger partial charge in [-0.1, -0.05) is 20.8 Å². The van der Waals surface area contributed by atoms with E-state index < -0.39 is 5.60 Å². The molecule has 0 saturated carbocycles. The Labute approximate surface area is 135 Å².